The molecule has 13 heavy (non-hydrogen) atoms. The first-order chi connectivity index (χ1) is 5.94. The second-order valence-corrected chi connectivity index (χ2v) is 5.12. The predicted octanol–water partition coefficient (Wildman–Crippen LogP) is 3.14. The quantitative estimate of drug-likeness (QED) is 0.618. The van der Waals surface area contributed by atoms with Crippen molar-refractivity contribution in [1.82, 2.24) is 0 Å². The average Bonchev–Trinajstić information content (AvgIpc) is 1.99. The van der Waals surface area contributed by atoms with Crippen molar-refractivity contribution in [3.05, 3.63) is 11.6 Å². The highest BCUT2D eigenvalue weighted by molar-refractivity contribution is 5.05. The molecule has 1 N–H and O–H groups in total. The van der Waals surface area contributed by atoms with Crippen LogP contribution in [0.4, 0.5) is 0 Å². The number of allylic oxidation sites excluding steroid dienone is 2. The Bertz CT molecular complexity index is 199. The number of hydrogen-bond acceptors (Lipinski definition) is 1. The van der Waals surface area contributed by atoms with E-state index in [1.807, 2.05) is 0 Å². The highest BCUT2D eigenvalue weighted by atomic mass is 16.3. The van der Waals surface area contributed by atoms with Crippen molar-refractivity contribution in [3.8, 4) is 0 Å². The van der Waals surface area contributed by atoms with E-state index in [1.54, 1.807) is 0 Å². The zero-order valence-electron chi connectivity index (χ0n) is 9.30. The summed E-state index contributed by atoms with van der Waals surface area (Å²) in [6, 6.07) is 0. The van der Waals surface area contributed by atoms with Gasteiger partial charge in [0.15, 0.2) is 0 Å². The first-order valence-electron chi connectivity index (χ1n) is 5.27. The fourth-order valence-corrected chi connectivity index (χ4v) is 2.22. The van der Waals surface area contributed by atoms with Crippen LogP contribution in [0.3, 0.4) is 0 Å². The van der Waals surface area contributed by atoms with Crippen LogP contribution >= 0.6 is 0 Å². The second kappa shape index (κ2) is 3.83. The van der Waals surface area contributed by atoms with E-state index in [0.717, 1.165) is 6.42 Å². The third kappa shape index (κ3) is 2.34. The summed E-state index contributed by atoms with van der Waals surface area (Å²) in [6.45, 7) is 8.63. The van der Waals surface area contributed by atoms with Crippen LogP contribution in [0.2, 0.25) is 0 Å². The van der Waals surface area contributed by atoms with Crippen LogP contribution < -0.4 is 0 Å². The number of aliphatic hydroxyl groups is 1. The molecule has 0 aliphatic heterocycles. The van der Waals surface area contributed by atoms with Gasteiger partial charge in [0.05, 0.1) is 6.10 Å². The normalized spacial score (nSPS) is 32.7. The highest BCUT2D eigenvalue weighted by Crippen LogP contribution is 2.41. The molecule has 0 aromatic heterocycles. The summed E-state index contributed by atoms with van der Waals surface area (Å²) in [4.78, 5) is 0. The summed E-state index contributed by atoms with van der Waals surface area (Å²) in [5, 5.41) is 9.89. The minimum atomic E-state index is -0.123. The third-order valence-electron chi connectivity index (χ3n) is 3.34. The van der Waals surface area contributed by atoms with Crippen molar-refractivity contribution in [2.24, 2.45) is 11.3 Å². The molecular formula is C12H22O. The molecule has 1 fully saturated rings. The third-order valence-corrected chi connectivity index (χ3v) is 3.34. The van der Waals surface area contributed by atoms with Gasteiger partial charge in [-0.1, -0.05) is 31.9 Å². The summed E-state index contributed by atoms with van der Waals surface area (Å²) < 4.78 is 0. The van der Waals surface area contributed by atoms with Crippen LogP contribution in [0.1, 0.15) is 47.0 Å². The zero-order valence-corrected chi connectivity index (χ0v) is 9.30. The molecule has 1 saturated carbocycles. The summed E-state index contributed by atoms with van der Waals surface area (Å²) >= 11 is 0. The first-order valence-corrected chi connectivity index (χ1v) is 5.27. The molecule has 1 aliphatic rings. The van der Waals surface area contributed by atoms with Crippen molar-refractivity contribution in [1.29, 1.82) is 0 Å². The molecule has 0 heterocycles. The molecule has 2 unspecified atom stereocenters. The van der Waals surface area contributed by atoms with Gasteiger partial charge >= 0.3 is 0 Å². The Kier molecular flexibility index (Phi) is 3.18. The molecule has 76 valence electrons. The van der Waals surface area contributed by atoms with Gasteiger partial charge in [0, 0.05) is 0 Å². The molecule has 0 bridgehead atoms. The molecule has 0 saturated heterocycles. The average molecular weight is 182 g/mol. The Morgan fingerprint density at radius 2 is 1.92 bits per heavy atom. The second-order valence-electron chi connectivity index (χ2n) is 5.12. The Balaban J connectivity index is 2.78. The number of aliphatic hydroxyl groups excluding tert-OH is 1. The molecule has 1 rings (SSSR count). The van der Waals surface area contributed by atoms with Gasteiger partial charge in [-0.25, -0.2) is 0 Å². The van der Waals surface area contributed by atoms with Crippen molar-refractivity contribution < 1.29 is 5.11 Å². The lowest BCUT2D eigenvalue weighted by molar-refractivity contribution is -0.0136. The number of hydrogen-bond donors (Lipinski definition) is 1. The maximum Gasteiger partial charge on any atom is 0.0596 e. The van der Waals surface area contributed by atoms with Crippen LogP contribution in [-0.4, -0.2) is 11.2 Å². The van der Waals surface area contributed by atoms with Crippen LogP contribution in [-0.2, 0) is 0 Å². The van der Waals surface area contributed by atoms with E-state index < -0.39 is 0 Å². The molecule has 0 aromatic rings. The number of rotatable bonds is 1. The topological polar surface area (TPSA) is 20.2 Å². The summed E-state index contributed by atoms with van der Waals surface area (Å²) in [5.41, 5.74) is 1.43. The lowest BCUT2D eigenvalue weighted by atomic mass is 9.66. The molecule has 2 atom stereocenters. The Hall–Kier alpha value is -0.300. The minimum absolute atomic E-state index is 0.0650. The highest BCUT2D eigenvalue weighted by Gasteiger charge is 2.37. The van der Waals surface area contributed by atoms with Gasteiger partial charge in [-0.15, -0.1) is 0 Å². The Morgan fingerprint density at radius 1 is 1.31 bits per heavy atom. The molecule has 1 nitrogen and oxygen atoms in total. The molecule has 1 heteroatoms. The molecule has 0 spiro atoms. The lowest BCUT2D eigenvalue weighted by Gasteiger charge is -2.41. The van der Waals surface area contributed by atoms with Crippen molar-refractivity contribution >= 4 is 0 Å². The standard InChI is InChI=1S/C12H22O/c1-9(2)8-10-6-5-7-11(13)12(10,3)4/h8,10-11,13H,5-7H2,1-4H3. The maximum absolute atomic E-state index is 9.89. The van der Waals surface area contributed by atoms with Gasteiger partial charge in [-0.3, -0.25) is 0 Å². The summed E-state index contributed by atoms with van der Waals surface area (Å²) in [6.07, 6.45) is 5.57. The van der Waals surface area contributed by atoms with E-state index in [0.29, 0.717) is 5.92 Å². The van der Waals surface area contributed by atoms with Gasteiger partial charge in [0.2, 0.25) is 0 Å². The van der Waals surface area contributed by atoms with Gasteiger partial charge in [0.25, 0.3) is 0 Å². The first kappa shape index (κ1) is 10.8. The molecule has 0 radical (unpaired) electrons. The maximum atomic E-state index is 9.89. The van der Waals surface area contributed by atoms with Gasteiger partial charge in [-0.05, 0) is 38.0 Å². The fourth-order valence-electron chi connectivity index (χ4n) is 2.22. The Morgan fingerprint density at radius 3 is 2.46 bits per heavy atom. The van der Waals surface area contributed by atoms with E-state index in [9.17, 15) is 5.11 Å². The zero-order chi connectivity index (χ0) is 10.1. The predicted molar refractivity (Wildman–Crippen MR) is 56.6 cm³/mol. The molecule has 1 aliphatic carbocycles. The van der Waals surface area contributed by atoms with Gasteiger partial charge < -0.3 is 5.11 Å². The van der Waals surface area contributed by atoms with Crippen molar-refractivity contribution in [2.45, 2.75) is 53.1 Å². The smallest absolute Gasteiger partial charge is 0.0596 e. The Labute approximate surface area is 81.9 Å². The fraction of sp³-hybridized carbons (Fsp3) is 0.833. The summed E-state index contributed by atoms with van der Waals surface area (Å²) in [7, 11) is 0. The van der Waals surface area contributed by atoms with Gasteiger partial charge in [0.1, 0.15) is 0 Å². The lowest BCUT2D eigenvalue weighted by Crippen LogP contribution is -2.39. The van der Waals surface area contributed by atoms with Gasteiger partial charge in [-0.2, -0.15) is 0 Å². The van der Waals surface area contributed by atoms with Crippen molar-refractivity contribution in [2.75, 3.05) is 0 Å². The molecular weight excluding hydrogens is 160 g/mol. The van der Waals surface area contributed by atoms with E-state index >= 15 is 0 Å². The van der Waals surface area contributed by atoms with E-state index in [4.69, 9.17) is 0 Å². The largest absolute Gasteiger partial charge is 0.393 e. The molecule has 0 aromatic carbocycles. The minimum Gasteiger partial charge on any atom is -0.393 e. The van der Waals surface area contributed by atoms with Crippen LogP contribution in [0.25, 0.3) is 0 Å². The van der Waals surface area contributed by atoms with Crippen LogP contribution in [0.5, 0.6) is 0 Å². The van der Waals surface area contributed by atoms with E-state index in [2.05, 4.69) is 33.8 Å². The summed E-state index contributed by atoms with van der Waals surface area (Å²) in [5.74, 6) is 0.557. The SMILES string of the molecule is CC(C)=CC1CCCC(O)C1(C)C. The van der Waals surface area contributed by atoms with E-state index in [-0.39, 0.29) is 11.5 Å². The molecule has 0 amide bonds. The van der Waals surface area contributed by atoms with Crippen LogP contribution in [0, 0.1) is 11.3 Å². The van der Waals surface area contributed by atoms with Crippen molar-refractivity contribution in [3.63, 3.8) is 0 Å². The monoisotopic (exact) mass is 182 g/mol. The van der Waals surface area contributed by atoms with E-state index in [1.165, 1.54) is 18.4 Å². The van der Waals surface area contributed by atoms with Crippen LogP contribution in [0.15, 0.2) is 11.6 Å².